The third-order valence-corrected chi connectivity index (χ3v) is 3.13. The number of rotatable bonds is 8. The predicted molar refractivity (Wildman–Crippen MR) is 87.5 cm³/mol. The van der Waals surface area contributed by atoms with E-state index in [1.54, 1.807) is 0 Å². The molecule has 20 heavy (non-hydrogen) atoms. The van der Waals surface area contributed by atoms with Crippen molar-refractivity contribution in [2.75, 3.05) is 26.2 Å². The molecule has 0 N–H and O–H groups in total. The fourth-order valence-corrected chi connectivity index (χ4v) is 2.12. The molecule has 0 spiro atoms. The molecule has 0 unspecified atom stereocenters. The van der Waals surface area contributed by atoms with E-state index in [1.165, 1.54) is 5.56 Å². The summed E-state index contributed by atoms with van der Waals surface area (Å²) in [6.45, 7) is 17.4. The second-order valence-electron chi connectivity index (χ2n) is 5.93. The molecule has 2 nitrogen and oxygen atoms in total. The molecule has 0 fully saturated rings. The van der Waals surface area contributed by atoms with Gasteiger partial charge in [-0.25, -0.2) is 0 Å². The van der Waals surface area contributed by atoms with E-state index in [4.69, 9.17) is 4.74 Å². The van der Waals surface area contributed by atoms with Crippen molar-refractivity contribution in [2.24, 2.45) is 0 Å². The van der Waals surface area contributed by atoms with Crippen molar-refractivity contribution in [3.05, 3.63) is 55.1 Å². The second kappa shape index (κ2) is 7.91. The van der Waals surface area contributed by atoms with Gasteiger partial charge in [0.05, 0.1) is 0 Å². The van der Waals surface area contributed by atoms with Crippen LogP contribution in [0, 0.1) is 0 Å². The lowest BCUT2D eigenvalue weighted by molar-refractivity contribution is 0.233. The SMILES string of the molecule is C=CCN(CC=C)CCOc1ccccc1C(C)(C)C. The van der Waals surface area contributed by atoms with Crippen molar-refractivity contribution in [1.29, 1.82) is 0 Å². The molecule has 0 aliphatic rings. The number of para-hydroxylation sites is 1. The predicted octanol–water partition coefficient (Wildman–Crippen LogP) is 4.04. The summed E-state index contributed by atoms with van der Waals surface area (Å²) in [7, 11) is 0. The van der Waals surface area contributed by atoms with Crippen molar-refractivity contribution < 1.29 is 4.74 Å². The first kappa shape index (κ1) is 16.5. The van der Waals surface area contributed by atoms with Crippen LogP contribution in [0.25, 0.3) is 0 Å². The van der Waals surface area contributed by atoms with E-state index in [-0.39, 0.29) is 5.41 Å². The highest BCUT2D eigenvalue weighted by molar-refractivity contribution is 5.38. The molecule has 1 aromatic rings. The van der Waals surface area contributed by atoms with Crippen LogP contribution < -0.4 is 4.74 Å². The van der Waals surface area contributed by atoms with Gasteiger partial charge in [-0.1, -0.05) is 51.1 Å². The number of hydrogen-bond donors (Lipinski definition) is 0. The smallest absolute Gasteiger partial charge is 0.123 e. The minimum Gasteiger partial charge on any atom is -0.492 e. The number of ether oxygens (including phenoxy) is 1. The van der Waals surface area contributed by atoms with Crippen molar-refractivity contribution in [3.8, 4) is 5.75 Å². The fraction of sp³-hybridized carbons (Fsp3) is 0.444. The average molecular weight is 273 g/mol. The monoisotopic (exact) mass is 273 g/mol. The maximum absolute atomic E-state index is 5.98. The van der Waals surface area contributed by atoms with Gasteiger partial charge in [0, 0.05) is 19.6 Å². The molecular weight excluding hydrogens is 246 g/mol. The van der Waals surface area contributed by atoms with Gasteiger partial charge in [0.1, 0.15) is 12.4 Å². The zero-order valence-corrected chi connectivity index (χ0v) is 13.1. The van der Waals surface area contributed by atoms with Gasteiger partial charge < -0.3 is 4.74 Å². The van der Waals surface area contributed by atoms with E-state index < -0.39 is 0 Å². The largest absolute Gasteiger partial charge is 0.492 e. The molecule has 1 rings (SSSR count). The molecular formula is C18H27NO. The van der Waals surface area contributed by atoms with Crippen LogP contribution in [0.1, 0.15) is 26.3 Å². The van der Waals surface area contributed by atoms with E-state index in [1.807, 2.05) is 24.3 Å². The molecule has 0 atom stereocenters. The van der Waals surface area contributed by atoms with E-state index in [2.05, 4.69) is 51.0 Å². The topological polar surface area (TPSA) is 12.5 Å². The molecule has 0 radical (unpaired) electrons. The minimum atomic E-state index is 0.0957. The fourth-order valence-electron chi connectivity index (χ4n) is 2.12. The Morgan fingerprint density at radius 1 is 1.10 bits per heavy atom. The first-order valence-corrected chi connectivity index (χ1v) is 7.15. The quantitative estimate of drug-likeness (QED) is 0.663. The molecule has 0 amide bonds. The van der Waals surface area contributed by atoms with Crippen LogP contribution in [0.4, 0.5) is 0 Å². The summed E-state index contributed by atoms with van der Waals surface area (Å²) in [6.07, 6.45) is 3.82. The van der Waals surface area contributed by atoms with Crippen LogP contribution in [0.3, 0.4) is 0 Å². The minimum absolute atomic E-state index is 0.0957. The highest BCUT2D eigenvalue weighted by Gasteiger charge is 2.18. The zero-order valence-electron chi connectivity index (χ0n) is 13.1. The normalized spacial score (nSPS) is 11.4. The molecule has 0 saturated carbocycles. The summed E-state index contributed by atoms with van der Waals surface area (Å²) in [5.74, 6) is 0.983. The van der Waals surface area contributed by atoms with Crippen molar-refractivity contribution in [2.45, 2.75) is 26.2 Å². The summed E-state index contributed by atoms with van der Waals surface area (Å²) in [4.78, 5) is 2.25. The highest BCUT2D eigenvalue weighted by Crippen LogP contribution is 2.30. The lowest BCUT2D eigenvalue weighted by atomic mass is 9.86. The molecule has 0 saturated heterocycles. The van der Waals surface area contributed by atoms with E-state index in [0.29, 0.717) is 6.61 Å². The Labute approximate surface area is 123 Å². The Kier molecular flexibility index (Phi) is 6.53. The van der Waals surface area contributed by atoms with Gasteiger partial charge >= 0.3 is 0 Å². The van der Waals surface area contributed by atoms with Crippen molar-refractivity contribution in [1.82, 2.24) is 4.90 Å². The molecule has 110 valence electrons. The number of benzene rings is 1. The van der Waals surface area contributed by atoms with E-state index in [0.717, 1.165) is 25.4 Å². The molecule has 1 aromatic carbocycles. The zero-order chi connectivity index (χ0) is 15.0. The van der Waals surface area contributed by atoms with Crippen LogP contribution in [-0.4, -0.2) is 31.1 Å². The van der Waals surface area contributed by atoms with Crippen LogP contribution in [0.2, 0.25) is 0 Å². The van der Waals surface area contributed by atoms with Crippen molar-refractivity contribution in [3.63, 3.8) is 0 Å². The standard InChI is InChI=1S/C18H27NO/c1-6-12-19(13-7-2)14-15-20-17-11-9-8-10-16(17)18(3,4)5/h6-11H,1-2,12-15H2,3-5H3. The van der Waals surface area contributed by atoms with Crippen LogP contribution in [0.5, 0.6) is 5.75 Å². The summed E-state index contributed by atoms with van der Waals surface area (Å²) < 4.78 is 5.98. The van der Waals surface area contributed by atoms with Crippen LogP contribution in [-0.2, 0) is 5.41 Å². The third-order valence-electron chi connectivity index (χ3n) is 3.13. The Bertz CT molecular complexity index is 421. The average Bonchev–Trinajstić information content (AvgIpc) is 2.38. The first-order chi connectivity index (χ1) is 9.49. The van der Waals surface area contributed by atoms with Crippen molar-refractivity contribution >= 4 is 0 Å². The van der Waals surface area contributed by atoms with Gasteiger partial charge in [-0.3, -0.25) is 4.90 Å². The van der Waals surface area contributed by atoms with E-state index in [9.17, 15) is 0 Å². The van der Waals surface area contributed by atoms with Gasteiger partial charge in [-0.15, -0.1) is 13.2 Å². The Morgan fingerprint density at radius 2 is 1.70 bits per heavy atom. The Morgan fingerprint density at radius 3 is 2.25 bits per heavy atom. The molecule has 2 heteroatoms. The number of hydrogen-bond acceptors (Lipinski definition) is 2. The number of nitrogens with zero attached hydrogens (tertiary/aromatic N) is 1. The van der Waals surface area contributed by atoms with E-state index >= 15 is 0 Å². The van der Waals surface area contributed by atoms with Gasteiger partial charge in [-0.05, 0) is 17.0 Å². The molecule has 0 bridgehead atoms. The summed E-state index contributed by atoms with van der Waals surface area (Å²) >= 11 is 0. The van der Waals surface area contributed by atoms with Crippen LogP contribution in [0.15, 0.2) is 49.6 Å². The molecule has 0 aliphatic heterocycles. The summed E-state index contributed by atoms with van der Waals surface area (Å²) in [5.41, 5.74) is 1.34. The van der Waals surface area contributed by atoms with Gasteiger partial charge in [0.25, 0.3) is 0 Å². The third kappa shape index (κ3) is 5.22. The van der Waals surface area contributed by atoms with Gasteiger partial charge in [-0.2, -0.15) is 0 Å². The Hall–Kier alpha value is -1.54. The van der Waals surface area contributed by atoms with Gasteiger partial charge in [0.2, 0.25) is 0 Å². The van der Waals surface area contributed by atoms with Crippen LogP contribution >= 0.6 is 0 Å². The summed E-state index contributed by atoms with van der Waals surface area (Å²) in [6, 6.07) is 8.28. The molecule has 0 aromatic heterocycles. The maximum atomic E-state index is 5.98. The summed E-state index contributed by atoms with van der Waals surface area (Å²) in [5, 5.41) is 0. The second-order valence-corrected chi connectivity index (χ2v) is 5.93. The molecule has 0 heterocycles. The first-order valence-electron chi connectivity index (χ1n) is 7.15. The Balaban J connectivity index is 2.61. The lowest BCUT2D eigenvalue weighted by Crippen LogP contribution is -2.29. The molecule has 0 aliphatic carbocycles. The van der Waals surface area contributed by atoms with Gasteiger partial charge in [0.15, 0.2) is 0 Å². The maximum Gasteiger partial charge on any atom is 0.123 e. The highest BCUT2D eigenvalue weighted by atomic mass is 16.5. The lowest BCUT2D eigenvalue weighted by Gasteiger charge is -2.24.